The van der Waals surface area contributed by atoms with E-state index in [9.17, 15) is 4.79 Å². The number of nitrogens with one attached hydrogen (secondary N) is 1. The summed E-state index contributed by atoms with van der Waals surface area (Å²) in [6.45, 7) is 0. The lowest BCUT2D eigenvalue weighted by Gasteiger charge is -2.11. The number of amides is 1. The highest BCUT2D eigenvalue weighted by molar-refractivity contribution is 6.30. The molecule has 0 fully saturated rings. The molecule has 0 unspecified atom stereocenters. The van der Waals surface area contributed by atoms with Crippen LogP contribution < -0.4 is 5.32 Å². The van der Waals surface area contributed by atoms with Gasteiger partial charge in [0.05, 0.1) is 0 Å². The Morgan fingerprint density at radius 1 is 0.826 bits per heavy atom. The van der Waals surface area contributed by atoms with Crippen molar-refractivity contribution in [2.75, 3.05) is 5.32 Å². The van der Waals surface area contributed by atoms with Crippen LogP contribution in [0.5, 0.6) is 0 Å². The van der Waals surface area contributed by atoms with Gasteiger partial charge in [-0.05, 0) is 47.9 Å². The van der Waals surface area contributed by atoms with Crippen molar-refractivity contribution in [3.05, 3.63) is 101 Å². The van der Waals surface area contributed by atoms with E-state index in [0.29, 0.717) is 10.6 Å². The van der Waals surface area contributed by atoms with Crippen LogP contribution in [0.25, 0.3) is 0 Å². The van der Waals surface area contributed by atoms with Gasteiger partial charge < -0.3 is 5.32 Å². The predicted molar refractivity (Wildman–Crippen MR) is 95.1 cm³/mol. The SMILES string of the molecule is O=C(Nc1ccccc1Cc1ccccc1)c1ccc(Cl)cc1. The third kappa shape index (κ3) is 3.99. The normalized spacial score (nSPS) is 10.3. The highest BCUT2D eigenvalue weighted by atomic mass is 35.5. The second-order valence-electron chi connectivity index (χ2n) is 5.28. The van der Waals surface area contributed by atoms with Gasteiger partial charge in [-0.2, -0.15) is 0 Å². The number of carbonyl (C=O) groups excluding carboxylic acids is 1. The lowest BCUT2D eigenvalue weighted by atomic mass is 10.0. The van der Waals surface area contributed by atoms with Crippen molar-refractivity contribution in [2.45, 2.75) is 6.42 Å². The van der Waals surface area contributed by atoms with Gasteiger partial charge in [0.1, 0.15) is 0 Å². The van der Waals surface area contributed by atoms with Gasteiger partial charge in [-0.15, -0.1) is 0 Å². The third-order valence-corrected chi connectivity index (χ3v) is 3.86. The number of anilines is 1. The summed E-state index contributed by atoms with van der Waals surface area (Å²) < 4.78 is 0. The molecule has 0 atom stereocenters. The molecule has 0 saturated heterocycles. The van der Waals surface area contributed by atoms with E-state index < -0.39 is 0 Å². The minimum atomic E-state index is -0.137. The molecule has 0 bridgehead atoms. The molecule has 3 rings (SSSR count). The quantitative estimate of drug-likeness (QED) is 0.704. The number of para-hydroxylation sites is 1. The van der Waals surface area contributed by atoms with E-state index in [1.165, 1.54) is 5.56 Å². The van der Waals surface area contributed by atoms with Crippen molar-refractivity contribution in [3.8, 4) is 0 Å². The molecule has 114 valence electrons. The highest BCUT2D eigenvalue weighted by Gasteiger charge is 2.09. The summed E-state index contributed by atoms with van der Waals surface area (Å²) in [5, 5.41) is 3.60. The second-order valence-corrected chi connectivity index (χ2v) is 5.72. The lowest BCUT2D eigenvalue weighted by Crippen LogP contribution is -2.13. The van der Waals surface area contributed by atoms with E-state index in [1.807, 2.05) is 42.5 Å². The first-order valence-electron chi connectivity index (χ1n) is 7.41. The molecule has 23 heavy (non-hydrogen) atoms. The van der Waals surface area contributed by atoms with Crippen LogP contribution in [0.3, 0.4) is 0 Å². The fourth-order valence-corrected chi connectivity index (χ4v) is 2.53. The Kier molecular flexibility index (Phi) is 4.74. The molecule has 3 aromatic carbocycles. The van der Waals surface area contributed by atoms with E-state index in [0.717, 1.165) is 17.7 Å². The Bertz CT molecular complexity index is 797. The maximum atomic E-state index is 12.4. The highest BCUT2D eigenvalue weighted by Crippen LogP contribution is 2.20. The predicted octanol–water partition coefficient (Wildman–Crippen LogP) is 5.18. The van der Waals surface area contributed by atoms with Crippen molar-refractivity contribution in [2.24, 2.45) is 0 Å². The minimum absolute atomic E-state index is 0.137. The molecule has 1 amide bonds. The molecule has 0 aromatic heterocycles. The summed E-state index contributed by atoms with van der Waals surface area (Å²) in [4.78, 5) is 12.4. The fraction of sp³-hybridized carbons (Fsp3) is 0.0500. The van der Waals surface area contributed by atoms with Crippen LogP contribution >= 0.6 is 11.6 Å². The number of rotatable bonds is 4. The average Bonchev–Trinajstić information content (AvgIpc) is 2.58. The largest absolute Gasteiger partial charge is 0.322 e. The van der Waals surface area contributed by atoms with Gasteiger partial charge >= 0.3 is 0 Å². The van der Waals surface area contributed by atoms with Gasteiger partial charge in [0.2, 0.25) is 0 Å². The lowest BCUT2D eigenvalue weighted by molar-refractivity contribution is 0.102. The first-order valence-corrected chi connectivity index (χ1v) is 7.79. The van der Waals surface area contributed by atoms with E-state index in [-0.39, 0.29) is 5.91 Å². The van der Waals surface area contributed by atoms with E-state index >= 15 is 0 Å². The Labute approximate surface area is 140 Å². The molecule has 0 aliphatic heterocycles. The zero-order chi connectivity index (χ0) is 16.1. The van der Waals surface area contributed by atoms with Gasteiger partial charge in [-0.1, -0.05) is 60.1 Å². The number of halogens is 1. The van der Waals surface area contributed by atoms with Crippen LogP contribution in [0.1, 0.15) is 21.5 Å². The molecule has 0 radical (unpaired) electrons. The van der Waals surface area contributed by atoms with E-state index in [4.69, 9.17) is 11.6 Å². The molecule has 0 aliphatic rings. The molecule has 0 saturated carbocycles. The maximum Gasteiger partial charge on any atom is 0.255 e. The molecule has 0 spiro atoms. The van der Waals surface area contributed by atoms with Crippen LogP contribution in [0.4, 0.5) is 5.69 Å². The van der Waals surface area contributed by atoms with E-state index in [2.05, 4.69) is 17.4 Å². The number of carbonyl (C=O) groups is 1. The van der Waals surface area contributed by atoms with Gasteiger partial charge in [-0.25, -0.2) is 0 Å². The minimum Gasteiger partial charge on any atom is -0.322 e. The van der Waals surface area contributed by atoms with Crippen LogP contribution in [-0.2, 0) is 6.42 Å². The van der Waals surface area contributed by atoms with Gasteiger partial charge in [0.15, 0.2) is 0 Å². The van der Waals surface area contributed by atoms with Crippen LogP contribution in [-0.4, -0.2) is 5.91 Å². The monoisotopic (exact) mass is 321 g/mol. The third-order valence-electron chi connectivity index (χ3n) is 3.61. The second kappa shape index (κ2) is 7.12. The van der Waals surface area contributed by atoms with Crippen LogP contribution in [0, 0.1) is 0 Å². The van der Waals surface area contributed by atoms with Crippen molar-refractivity contribution < 1.29 is 4.79 Å². The summed E-state index contributed by atoms with van der Waals surface area (Å²) in [5.74, 6) is -0.137. The molecule has 3 heteroatoms. The standard InChI is InChI=1S/C20H16ClNO/c21-18-12-10-16(11-13-18)20(23)22-19-9-5-4-8-17(19)14-15-6-2-1-3-7-15/h1-13H,14H2,(H,22,23). The van der Waals surface area contributed by atoms with Gasteiger partial charge in [-0.3, -0.25) is 4.79 Å². The van der Waals surface area contributed by atoms with Crippen molar-refractivity contribution in [3.63, 3.8) is 0 Å². The molecule has 0 heterocycles. The van der Waals surface area contributed by atoms with Gasteiger partial charge in [0.25, 0.3) is 5.91 Å². The molecule has 3 aromatic rings. The maximum absolute atomic E-state index is 12.4. The fourth-order valence-electron chi connectivity index (χ4n) is 2.41. The zero-order valence-corrected chi connectivity index (χ0v) is 13.3. The summed E-state index contributed by atoms with van der Waals surface area (Å²) >= 11 is 5.86. The molecule has 2 nitrogen and oxygen atoms in total. The Morgan fingerprint density at radius 3 is 2.22 bits per heavy atom. The Balaban J connectivity index is 1.80. The average molecular weight is 322 g/mol. The smallest absolute Gasteiger partial charge is 0.255 e. The molecule has 1 N–H and O–H groups in total. The number of hydrogen-bond acceptors (Lipinski definition) is 1. The summed E-state index contributed by atoms with van der Waals surface area (Å²) in [5.41, 5.74) is 3.71. The Hall–Kier alpha value is -2.58. The molecular weight excluding hydrogens is 306 g/mol. The first kappa shape index (κ1) is 15.3. The van der Waals surface area contributed by atoms with Crippen molar-refractivity contribution in [1.82, 2.24) is 0 Å². The van der Waals surface area contributed by atoms with Crippen LogP contribution in [0.2, 0.25) is 5.02 Å². The topological polar surface area (TPSA) is 29.1 Å². The van der Waals surface area contributed by atoms with E-state index in [1.54, 1.807) is 24.3 Å². The summed E-state index contributed by atoms with van der Waals surface area (Å²) in [7, 11) is 0. The summed E-state index contributed by atoms with van der Waals surface area (Å²) in [6.07, 6.45) is 0.776. The Morgan fingerprint density at radius 2 is 1.48 bits per heavy atom. The first-order chi connectivity index (χ1) is 11.2. The van der Waals surface area contributed by atoms with Gasteiger partial charge in [0, 0.05) is 16.3 Å². The zero-order valence-electron chi connectivity index (χ0n) is 12.5. The number of benzene rings is 3. The van der Waals surface area contributed by atoms with Crippen molar-refractivity contribution >= 4 is 23.2 Å². The van der Waals surface area contributed by atoms with Crippen molar-refractivity contribution in [1.29, 1.82) is 0 Å². The molecular formula is C20H16ClNO. The summed E-state index contributed by atoms with van der Waals surface area (Å²) in [6, 6.07) is 24.9. The van der Waals surface area contributed by atoms with Crippen LogP contribution in [0.15, 0.2) is 78.9 Å². The number of hydrogen-bond donors (Lipinski definition) is 1. The molecule has 0 aliphatic carbocycles.